The van der Waals surface area contributed by atoms with E-state index in [2.05, 4.69) is 4.98 Å². The molecule has 2 rings (SSSR count). The summed E-state index contributed by atoms with van der Waals surface area (Å²) in [6.45, 7) is 3.81. The lowest BCUT2D eigenvalue weighted by Crippen LogP contribution is -2.11. The Kier molecular flexibility index (Phi) is 2.96. The molecular weight excluding hydrogens is 245 g/mol. The molecule has 2 nitrogen and oxygen atoms in total. The summed E-state index contributed by atoms with van der Waals surface area (Å²) in [5, 5.41) is 1.45. The van der Waals surface area contributed by atoms with Gasteiger partial charge in [-0.15, -0.1) is 0 Å². The first kappa shape index (κ1) is 11.5. The van der Waals surface area contributed by atoms with E-state index < -0.39 is 0 Å². The van der Waals surface area contributed by atoms with Crippen LogP contribution in [0.3, 0.4) is 0 Å². The summed E-state index contributed by atoms with van der Waals surface area (Å²) in [4.78, 5) is 15.2. The smallest absolute Gasteiger partial charge is 0.192 e. The third-order valence-electron chi connectivity index (χ3n) is 2.76. The molecule has 16 heavy (non-hydrogen) atoms. The third-order valence-corrected chi connectivity index (χ3v) is 3.57. The Bertz CT molecular complexity index is 616. The van der Waals surface area contributed by atoms with E-state index in [-0.39, 0.29) is 5.43 Å². The molecule has 0 saturated carbocycles. The van der Waals surface area contributed by atoms with Crippen LogP contribution in [0.25, 0.3) is 10.9 Å². The van der Waals surface area contributed by atoms with Gasteiger partial charge in [-0.25, -0.2) is 0 Å². The molecule has 0 fully saturated rings. The van der Waals surface area contributed by atoms with E-state index >= 15 is 0 Å². The number of aromatic amines is 1. The molecule has 0 spiro atoms. The monoisotopic (exact) mass is 255 g/mol. The topological polar surface area (TPSA) is 32.9 Å². The van der Waals surface area contributed by atoms with Crippen LogP contribution in [0.4, 0.5) is 0 Å². The Balaban J connectivity index is 2.99. The molecule has 0 aliphatic rings. The van der Waals surface area contributed by atoms with Gasteiger partial charge in [0.25, 0.3) is 0 Å². The van der Waals surface area contributed by atoms with Crippen molar-refractivity contribution in [3.63, 3.8) is 0 Å². The molecule has 84 valence electrons. The Morgan fingerprint density at radius 1 is 1.31 bits per heavy atom. The van der Waals surface area contributed by atoms with E-state index in [1.807, 2.05) is 13.8 Å². The number of rotatable bonds is 1. The second-order valence-electron chi connectivity index (χ2n) is 3.70. The highest BCUT2D eigenvalue weighted by Crippen LogP contribution is 2.28. The van der Waals surface area contributed by atoms with E-state index in [9.17, 15) is 4.79 Å². The van der Waals surface area contributed by atoms with Crippen molar-refractivity contribution in [3.8, 4) is 0 Å². The summed E-state index contributed by atoms with van der Waals surface area (Å²) in [6, 6.07) is 3.35. The van der Waals surface area contributed by atoms with Gasteiger partial charge in [0.15, 0.2) is 5.43 Å². The number of H-pyrrole nitrogens is 1. The second-order valence-corrected chi connectivity index (χ2v) is 4.48. The van der Waals surface area contributed by atoms with Crippen LogP contribution >= 0.6 is 23.2 Å². The van der Waals surface area contributed by atoms with Crippen molar-refractivity contribution in [2.45, 2.75) is 20.3 Å². The predicted molar refractivity (Wildman–Crippen MR) is 68.7 cm³/mol. The van der Waals surface area contributed by atoms with Gasteiger partial charge in [0.05, 0.1) is 15.6 Å². The predicted octanol–water partition coefficient (Wildman–Crippen LogP) is 3.71. The van der Waals surface area contributed by atoms with Crippen molar-refractivity contribution in [2.75, 3.05) is 0 Å². The maximum absolute atomic E-state index is 12.0. The van der Waals surface area contributed by atoms with Crippen LogP contribution in [0.2, 0.25) is 10.0 Å². The van der Waals surface area contributed by atoms with Crippen molar-refractivity contribution >= 4 is 34.1 Å². The van der Waals surface area contributed by atoms with Gasteiger partial charge in [0.1, 0.15) is 0 Å². The zero-order valence-electron chi connectivity index (χ0n) is 9.03. The van der Waals surface area contributed by atoms with Gasteiger partial charge in [-0.2, -0.15) is 0 Å². The van der Waals surface area contributed by atoms with Gasteiger partial charge in [-0.1, -0.05) is 30.1 Å². The van der Waals surface area contributed by atoms with Gasteiger partial charge in [-0.3, -0.25) is 4.79 Å². The zero-order valence-corrected chi connectivity index (χ0v) is 10.5. The van der Waals surface area contributed by atoms with Crippen molar-refractivity contribution in [1.82, 2.24) is 4.98 Å². The van der Waals surface area contributed by atoms with Gasteiger partial charge in [0, 0.05) is 16.6 Å². The molecule has 1 aromatic heterocycles. The standard InChI is InChI=1S/C12H11Cl2NO/c1-3-9-6(2)12(16)7-4-5-8(13)10(14)11(7)15-9/h4-5H,3H2,1-2H3,(H,15,16). The molecule has 1 N–H and O–H groups in total. The van der Waals surface area contributed by atoms with Gasteiger partial charge >= 0.3 is 0 Å². The largest absolute Gasteiger partial charge is 0.357 e. The second kappa shape index (κ2) is 4.11. The number of aryl methyl sites for hydroxylation is 1. The molecule has 0 aliphatic heterocycles. The average Bonchev–Trinajstić information content (AvgIpc) is 2.28. The highest BCUT2D eigenvalue weighted by molar-refractivity contribution is 6.44. The number of benzene rings is 1. The van der Waals surface area contributed by atoms with Crippen molar-refractivity contribution in [2.24, 2.45) is 0 Å². The minimum atomic E-state index is 0.0177. The molecular formula is C12H11Cl2NO. The number of halogens is 2. The molecule has 0 saturated heterocycles. The normalized spacial score (nSPS) is 11.0. The van der Waals surface area contributed by atoms with Crippen molar-refractivity contribution < 1.29 is 0 Å². The van der Waals surface area contributed by atoms with Crippen LogP contribution in [0, 0.1) is 6.92 Å². The first-order valence-electron chi connectivity index (χ1n) is 5.05. The lowest BCUT2D eigenvalue weighted by atomic mass is 10.1. The van der Waals surface area contributed by atoms with Gasteiger partial charge in [0.2, 0.25) is 0 Å². The minimum Gasteiger partial charge on any atom is -0.357 e. The summed E-state index contributed by atoms with van der Waals surface area (Å²) in [5.74, 6) is 0. The molecule has 0 amide bonds. The first-order chi connectivity index (χ1) is 7.56. The molecule has 0 bridgehead atoms. The van der Waals surface area contributed by atoms with Crippen LogP contribution in [-0.2, 0) is 6.42 Å². The molecule has 1 aromatic carbocycles. The quantitative estimate of drug-likeness (QED) is 0.828. The van der Waals surface area contributed by atoms with E-state index in [1.54, 1.807) is 12.1 Å². The lowest BCUT2D eigenvalue weighted by molar-refractivity contribution is 1.02. The number of pyridine rings is 1. The number of hydrogen-bond donors (Lipinski definition) is 1. The van der Waals surface area contributed by atoms with Crippen LogP contribution in [0.15, 0.2) is 16.9 Å². The summed E-state index contributed by atoms with van der Waals surface area (Å²) in [5.41, 5.74) is 2.29. The van der Waals surface area contributed by atoms with Crippen LogP contribution in [-0.4, -0.2) is 4.98 Å². The lowest BCUT2D eigenvalue weighted by Gasteiger charge is -2.08. The molecule has 1 heterocycles. The summed E-state index contributed by atoms with van der Waals surface area (Å²) >= 11 is 12.0. The third kappa shape index (κ3) is 1.62. The van der Waals surface area contributed by atoms with Crippen LogP contribution in [0.5, 0.6) is 0 Å². The Morgan fingerprint density at radius 3 is 2.62 bits per heavy atom. The maximum Gasteiger partial charge on any atom is 0.192 e. The van der Waals surface area contributed by atoms with Crippen LogP contribution in [0.1, 0.15) is 18.2 Å². The fourth-order valence-corrected chi connectivity index (χ4v) is 2.17. The fourth-order valence-electron chi connectivity index (χ4n) is 1.80. The molecule has 0 unspecified atom stereocenters. The van der Waals surface area contributed by atoms with E-state index in [4.69, 9.17) is 23.2 Å². The van der Waals surface area contributed by atoms with E-state index in [0.717, 1.165) is 17.7 Å². The van der Waals surface area contributed by atoms with Crippen LogP contribution < -0.4 is 5.43 Å². The average molecular weight is 256 g/mol. The van der Waals surface area contributed by atoms with Gasteiger partial charge < -0.3 is 4.98 Å². The molecule has 4 heteroatoms. The summed E-state index contributed by atoms with van der Waals surface area (Å²) in [6.07, 6.45) is 0.764. The minimum absolute atomic E-state index is 0.0177. The number of fused-ring (bicyclic) bond motifs is 1. The maximum atomic E-state index is 12.0. The fraction of sp³-hybridized carbons (Fsp3) is 0.250. The first-order valence-corrected chi connectivity index (χ1v) is 5.81. The van der Waals surface area contributed by atoms with Gasteiger partial charge in [-0.05, 0) is 25.5 Å². The van der Waals surface area contributed by atoms with Crippen molar-refractivity contribution in [1.29, 1.82) is 0 Å². The zero-order chi connectivity index (χ0) is 11.9. The highest BCUT2D eigenvalue weighted by Gasteiger charge is 2.11. The molecule has 2 aromatic rings. The SMILES string of the molecule is CCc1[nH]c2c(Cl)c(Cl)ccc2c(=O)c1C. The van der Waals surface area contributed by atoms with E-state index in [1.165, 1.54) is 0 Å². The summed E-state index contributed by atoms with van der Waals surface area (Å²) in [7, 11) is 0. The number of nitrogens with one attached hydrogen (secondary N) is 1. The highest BCUT2D eigenvalue weighted by atomic mass is 35.5. The molecule has 0 aliphatic carbocycles. The molecule has 0 atom stereocenters. The van der Waals surface area contributed by atoms with E-state index in [0.29, 0.717) is 20.9 Å². The van der Waals surface area contributed by atoms with Crippen molar-refractivity contribution in [3.05, 3.63) is 43.7 Å². The Labute approximate surface area is 103 Å². The Morgan fingerprint density at radius 2 is 2.00 bits per heavy atom. The summed E-state index contributed by atoms with van der Waals surface area (Å²) < 4.78 is 0. The Hall–Kier alpha value is -0.990. The molecule has 0 radical (unpaired) electrons. The number of hydrogen-bond acceptors (Lipinski definition) is 1. The number of aromatic nitrogens is 1.